The van der Waals surface area contributed by atoms with Crippen molar-refractivity contribution in [3.63, 3.8) is 0 Å². The van der Waals surface area contributed by atoms with Gasteiger partial charge in [0, 0.05) is 26.4 Å². The average Bonchev–Trinajstić information content (AvgIpc) is 2.77. The fourth-order valence-electron chi connectivity index (χ4n) is 1.76. The van der Waals surface area contributed by atoms with Crippen LogP contribution in [0, 0.1) is 0 Å². The van der Waals surface area contributed by atoms with E-state index in [1.165, 1.54) is 6.20 Å². The van der Waals surface area contributed by atoms with Gasteiger partial charge in [0.15, 0.2) is 0 Å². The highest BCUT2D eigenvalue weighted by Crippen LogP contribution is 2.04. The summed E-state index contributed by atoms with van der Waals surface area (Å²) in [4.78, 5) is 28.8. The first kappa shape index (κ1) is 11.7. The summed E-state index contributed by atoms with van der Waals surface area (Å²) in [7, 11) is 1.61. The molecule has 1 aromatic heterocycles. The van der Waals surface area contributed by atoms with Gasteiger partial charge in [0.2, 0.25) is 0 Å². The van der Waals surface area contributed by atoms with Crippen molar-refractivity contribution in [1.29, 1.82) is 0 Å². The SMILES string of the molecule is CO[C@H]1CNCC1NC(=O)c1c[nH]c(=O)cn1. The molecule has 2 rings (SSSR count). The Hall–Kier alpha value is -1.73. The van der Waals surface area contributed by atoms with Crippen molar-refractivity contribution < 1.29 is 9.53 Å². The molecule has 0 radical (unpaired) electrons. The van der Waals surface area contributed by atoms with Gasteiger partial charge in [-0.1, -0.05) is 0 Å². The quantitative estimate of drug-likeness (QED) is 0.594. The summed E-state index contributed by atoms with van der Waals surface area (Å²) in [5.41, 5.74) is -0.148. The normalized spacial score (nSPS) is 23.6. The molecule has 1 saturated heterocycles. The van der Waals surface area contributed by atoms with Gasteiger partial charge in [0.1, 0.15) is 5.69 Å². The fourth-order valence-corrected chi connectivity index (χ4v) is 1.76. The molecule has 7 heteroatoms. The van der Waals surface area contributed by atoms with Crippen LogP contribution in [-0.4, -0.2) is 48.2 Å². The number of aromatic amines is 1. The Bertz CT molecular complexity index is 439. The molecule has 7 nitrogen and oxygen atoms in total. The minimum absolute atomic E-state index is 0.0401. The largest absolute Gasteiger partial charge is 0.378 e. The molecule has 1 unspecified atom stereocenters. The summed E-state index contributed by atoms with van der Waals surface area (Å²) in [5.74, 6) is -0.322. The first-order valence-corrected chi connectivity index (χ1v) is 5.30. The predicted molar refractivity (Wildman–Crippen MR) is 59.8 cm³/mol. The smallest absolute Gasteiger partial charge is 0.271 e. The maximum Gasteiger partial charge on any atom is 0.271 e. The molecule has 92 valence electrons. The molecule has 1 amide bonds. The van der Waals surface area contributed by atoms with E-state index in [2.05, 4.69) is 20.6 Å². The lowest BCUT2D eigenvalue weighted by molar-refractivity contribution is 0.0776. The molecule has 2 heterocycles. The second-order valence-electron chi connectivity index (χ2n) is 3.81. The van der Waals surface area contributed by atoms with Crippen LogP contribution < -0.4 is 16.2 Å². The number of carbonyl (C=O) groups excluding carboxylic acids is 1. The van der Waals surface area contributed by atoms with E-state index in [0.717, 1.165) is 6.20 Å². The van der Waals surface area contributed by atoms with Crippen LogP contribution in [0.2, 0.25) is 0 Å². The number of amides is 1. The maximum absolute atomic E-state index is 11.8. The topological polar surface area (TPSA) is 96.1 Å². The average molecular weight is 238 g/mol. The molecule has 3 N–H and O–H groups in total. The van der Waals surface area contributed by atoms with Gasteiger partial charge in [-0.25, -0.2) is 4.98 Å². The number of H-pyrrole nitrogens is 1. The number of ether oxygens (including phenoxy) is 1. The zero-order valence-electron chi connectivity index (χ0n) is 9.40. The van der Waals surface area contributed by atoms with Crippen molar-refractivity contribution in [2.75, 3.05) is 20.2 Å². The van der Waals surface area contributed by atoms with Gasteiger partial charge in [-0.3, -0.25) is 9.59 Å². The zero-order chi connectivity index (χ0) is 12.3. The van der Waals surface area contributed by atoms with E-state index in [0.29, 0.717) is 13.1 Å². The second-order valence-corrected chi connectivity index (χ2v) is 3.81. The third-order valence-electron chi connectivity index (χ3n) is 2.68. The molecule has 2 atom stereocenters. The minimum Gasteiger partial charge on any atom is -0.378 e. The van der Waals surface area contributed by atoms with Crippen LogP contribution in [0.3, 0.4) is 0 Å². The van der Waals surface area contributed by atoms with E-state index in [-0.39, 0.29) is 29.3 Å². The van der Waals surface area contributed by atoms with Crippen LogP contribution in [-0.2, 0) is 4.74 Å². The van der Waals surface area contributed by atoms with Crippen molar-refractivity contribution in [2.45, 2.75) is 12.1 Å². The third-order valence-corrected chi connectivity index (χ3v) is 2.68. The number of nitrogens with one attached hydrogen (secondary N) is 3. The Morgan fingerprint density at radius 3 is 3.06 bits per heavy atom. The van der Waals surface area contributed by atoms with Gasteiger partial charge in [0.25, 0.3) is 11.5 Å². The Morgan fingerprint density at radius 2 is 2.41 bits per heavy atom. The van der Waals surface area contributed by atoms with Crippen molar-refractivity contribution in [3.05, 3.63) is 28.4 Å². The highest BCUT2D eigenvalue weighted by molar-refractivity contribution is 5.92. The fraction of sp³-hybridized carbons (Fsp3) is 0.500. The summed E-state index contributed by atoms with van der Waals surface area (Å²) in [5, 5.41) is 5.93. The zero-order valence-corrected chi connectivity index (χ0v) is 9.40. The van der Waals surface area contributed by atoms with Crippen LogP contribution in [0.4, 0.5) is 0 Å². The highest BCUT2D eigenvalue weighted by atomic mass is 16.5. The van der Waals surface area contributed by atoms with Crippen LogP contribution >= 0.6 is 0 Å². The lowest BCUT2D eigenvalue weighted by Crippen LogP contribution is -2.43. The summed E-state index contributed by atoms with van der Waals surface area (Å²) < 4.78 is 5.22. The van der Waals surface area contributed by atoms with Crippen LogP contribution in [0.15, 0.2) is 17.2 Å². The van der Waals surface area contributed by atoms with Crippen LogP contribution in [0.25, 0.3) is 0 Å². The van der Waals surface area contributed by atoms with E-state index < -0.39 is 0 Å². The predicted octanol–water partition coefficient (Wildman–Crippen LogP) is -1.51. The molecule has 0 spiro atoms. The first-order valence-electron chi connectivity index (χ1n) is 5.30. The molecular weight excluding hydrogens is 224 g/mol. The molecule has 1 aliphatic rings. The number of rotatable bonds is 3. The Morgan fingerprint density at radius 1 is 1.59 bits per heavy atom. The molecule has 1 fully saturated rings. The maximum atomic E-state index is 11.8. The van der Waals surface area contributed by atoms with Gasteiger partial charge < -0.3 is 20.4 Å². The molecule has 0 saturated carbocycles. The van der Waals surface area contributed by atoms with E-state index in [9.17, 15) is 9.59 Å². The number of carbonyl (C=O) groups is 1. The van der Waals surface area contributed by atoms with E-state index in [4.69, 9.17) is 4.74 Å². The first-order chi connectivity index (χ1) is 8.20. The summed E-state index contributed by atoms with van der Waals surface area (Å²) in [6, 6.07) is -0.0822. The Balaban J connectivity index is 2.01. The Labute approximate surface area is 97.6 Å². The molecule has 0 bridgehead atoms. The number of aromatic nitrogens is 2. The van der Waals surface area contributed by atoms with Crippen molar-refractivity contribution in [2.24, 2.45) is 0 Å². The monoisotopic (exact) mass is 238 g/mol. The van der Waals surface area contributed by atoms with E-state index in [1.807, 2.05) is 0 Å². The van der Waals surface area contributed by atoms with Crippen LogP contribution in [0.5, 0.6) is 0 Å². The van der Waals surface area contributed by atoms with Crippen molar-refractivity contribution in [3.8, 4) is 0 Å². The summed E-state index contributed by atoms with van der Waals surface area (Å²) in [6.45, 7) is 1.37. The van der Waals surface area contributed by atoms with E-state index in [1.54, 1.807) is 7.11 Å². The van der Waals surface area contributed by atoms with Gasteiger partial charge in [-0.15, -0.1) is 0 Å². The number of methoxy groups -OCH3 is 1. The van der Waals surface area contributed by atoms with Crippen molar-refractivity contribution in [1.82, 2.24) is 20.6 Å². The van der Waals surface area contributed by atoms with Crippen molar-refractivity contribution >= 4 is 5.91 Å². The highest BCUT2D eigenvalue weighted by Gasteiger charge is 2.28. The van der Waals surface area contributed by atoms with Gasteiger partial charge in [0.05, 0.1) is 18.3 Å². The number of hydrogen-bond acceptors (Lipinski definition) is 5. The molecule has 0 aromatic carbocycles. The number of nitrogens with zero attached hydrogens (tertiary/aromatic N) is 1. The lowest BCUT2D eigenvalue weighted by atomic mass is 10.2. The summed E-state index contributed by atoms with van der Waals surface area (Å²) in [6.07, 6.45) is 2.33. The minimum atomic E-state index is -0.334. The third kappa shape index (κ3) is 2.69. The van der Waals surface area contributed by atoms with E-state index >= 15 is 0 Å². The Kier molecular flexibility index (Phi) is 3.50. The molecule has 1 aromatic rings. The molecular formula is C10H14N4O3. The number of hydrogen-bond donors (Lipinski definition) is 3. The lowest BCUT2D eigenvalue weighted by Gasteiger charge is -2.18. The molecule has 1 aliphatic heterocycles. The molecule has 17 heavy (non-hydrogen) atoms. The van der Waals surface area contributed by atoms with Gasteiger partial charge in [-0.2, -0.15) is 0 Å². The molecule has 0 aliphatic carbocycles. The van der Waals surface area contributed by atoms with Gasteiger partial charge in [-0.05, 0) is 0 Å². The van der Waals surface area contributed by atoms with Gasteiger partial charge >= 0.3 is 0 Å². The second kappa shape index (κ2) is 5.07. The standard InChI is InChI=1S/C10H14N4O3/c1-17-8-4-11-2-6(8)14-10(16)7-3-13-9(15)5-12-7/h3,5-6,8,11H,2,4H2,1H3,(H,13,15)(H,14,16)/t6?,8-/m0/s1. The summed E-state index contributed by atoms with van der Waals surface area (Å²) >= 11 is 0. The van der Waals surface area contributed by atoms with Crippen LogP contribution in [0.1, 0.15) is 10.5 Å².